The third-order valence-electron chi connectivity index (χ3n) is 0.465. The maximum absolute atomic E-state index is 10.8. The summed E-state index contributed by atoms with van der Waals surface area (Å²) >= 11 is 4.24. The van der Waals surface area contributed by atoms with Crippen molar-refractivity contribution < 1.29 is 22.5 Å². The van der Waals surface area contributed by atoms with Crippen molar-refractivity contribution in [2.24, 2.45) is 5.73 Å². The fourth-order valence-electron chi connectivity index (χ4n) is 0.113. The van der Waals surface area contributed by atoms with Crippen molar-refractivity contribution in [1.82, 2.24) is 0 Å². The highest BCUT2D eigenvalue weighted by Gasteiger charge is 2.08. The van der Waals surface area contributed by atoms with Crippen LogP contribution in [0, 0.1) is 10.1 Å². The standard InChI is InChI=1S/C2H3F2NO2.C2H5F2N.I2.HI/c3-2(4)1-5(6)7;3-2(4)1-5;1-2;/h2H,1H2;2H,1,5H2;;1H. The Hall–Kier alpha value is 1.27. The molecule has 4 nitrogen and oxygen atoms in total. The molecule has 0 saturated carbocycles. The molecule has 0 fully saturated rings. The molecule has 0 aliphatic heterocycles. The average molecular weight is 574 g/mol. The lowest BCUT2D eigenvalue weighted by molar-refractivity contribution is -0.493. The zero-order valence-corrected chi connectivity index (χ0v) is 13.7. The van der Waals surface area contributed by atoms with Crippen molar-refractivity contribution in [1.29, 1.82) is 0 Å². The van der Waals surface area contributed by atoms with Crippen LogP contribution in [0.3, 0.4) is 0 Å². The van der Waals surface area contributed by atoms with Crippen LogP contribution in [0.25, 0.3) is 0 Å². The fraction of sp³-hybridized carbons (Fsp3) is 1.00. The molecule has 0 radical (unpaired) electrons. The summed E-state index contributed by atoms with van der Waals surface area (Å²) in [6, 6.07) is 0. The molecule has 2 N–H and O–H groups in total. The number of nitrogens with zero attached hydrogens (tertiary/aromatic N) is 1. The second-order valence-electron chi connectivity index (χ2n) is 1.53. The zero-order valence-electron chi connectivity index (χ0n) is 7.09. The van der Waals surface area contributed by atoms with Crippen LogP contribution >= 0.6 is 61.2 Å². The minimum Gasteiger partial charge on any atom is -0.325 e. The highest BCUT2D eigenvalue weighted by Crippen LogP contribution is 1.89. The molecule has 0 spiro atoms. The molecule has 11 heteroatoms. The Labute approximate surface area is 124 Å². The van der Waals surface area contributed by atoms with Crippen molar-refractivity contribution in [3.8, 4) is 0 Å². The first-order chi connectivity index (χ1) is 6.40. The number of rotatable bonds is 3. The van der Waals surface area contributed by atoms with Gasteiger partial charge >= 0.3 is 6.43 Å². The van der Waals surface area contributed by atoms with Gasteiger partial charge < -0.3 is 5.73 Å². The summed E-state index contributed by atoms with van der Waals surface area (Å²) in [5.74, 6) is 0. The maximum Gasteiger partial charge on any atom is 0.301 e. The first kappa shape index (κ1) is 25.2. The lowest BCUT2D eigenvalue weighted by Gasteiger charge is -1.85. The van der Waals surface area contributed by atoms with E-state index in [0.717, 1.165) is 0 Å². The molecule has 96 valence electrons. The Balaban J connectivity index is -0.0000000675. The second kappa shape index (κ2) is 20.7. The Morgan fingerprint density at radius 1 is 1.20 bits per heavy atom. The largest absolute Gasteiger partial charge is 0.325 e. The van der Waals surface area contributed by atoms with Crippen molar-refractivity contribution in [3.63, 3.8) is 0 Å². The van der Waals surface area contributed by atoms with Gasteiger partial charge in [-0.1, -0.05) is 0 Å². The maximum atomic E-state index is 10.8. The fourth-order valence-corrected chi connectivity index (χ4v) is 0.113. The SMILES string of the molecule is I.II.NCC(F)F.O=[N+]([O-])CC(F)F. The molecule has 0 saturated heterocycles. The predicted octanol–water partition coefficient (Wildman–Crippen LogP) is 3.13. The van der Waals surface area contributed by atoms with Crippen molar-refractivity contribution >= 4 is 61.2 Å². The summed E-state index contributed by atoms with van der Waals surface area (Å²) in [4.78, 5) is 8.08. The quantitative estimate of drug-likeness (QED) is 0.244. The molecule has 0 rings (SSSR count). The minimum atomic E-state index is -2.82. The predicted molar refractivity (Wildman–Crippen MR) is 76.4 cm³/mol. The smallest absolute Gasteiger partial charge is 0.301 e. The number of halogens is 7. The van der Waals surface area contributed by atoms with E-state index >= 15 is 0 Å². The third-order valence-corrected chi connectivity index (χ3v) is 0.465. The number of alkyl halides is 4. The van der Waals surface area contributed by atoms with Gasteiger partial charge in [0.2, 0.25) is 0 Å². The van der Waals surface area contributed by atoms with Gasteiger partial charge in [0.25, 0.3) is 13.0 Å². The molecule has 0 aromatic rings. The van der Waals surface area contributed by atoms with Gasteiger partial charge in [0.15, 0.2) is 0 Å². The number of hydrogen-bond donors (Lipinski definition) is 1. The van der Waals surface area contributed by atoms with Crippen molar-refractivity contribution in [3.05, 3.63) is 10.1 Å². The molecular weight excluding hydrogens is 565 g/mol. The summed E-state index contributed by atoms with van der Waals surface area (Å²) in [6.07, 6.45) is -5.16. The van der Waals surface area contributed by atoms with Crippen LogP contribution in [0.15, 0.2) is 0 Å². The third kappa shape index (κ3) is 50.9. The first-order valence-corrected chi connectivity index (χ1v) is 9.21. The Bertz CT molecular complexity index is 132. The lowest BCUT2D eigenvalue weighted by Crippen LogP contribution is -2.09. The van der Waals surface area contributed by atoms with E-state index in [1.807, 2.05) is 0 Å². The molecule has 0 aromatic carbocycles. The van der Waals surface area contributed by atoms with Gasteiger partial charge in [0, 0.05) is 42.2 Å². The summed E-state index contributed by atoms with van der Waals surface area (Å²) in [6.45, 7) is -1.78. The lowest BCUT2D eigenvalue weighted by atomic mass is 10.7. The second-order valence-corrected chi connectivity index (χ2v) is 1.53. The molecule has 0 aromatic heterocycles. The summed E-state index contributed by atoms with van der Waals surface area (Å²) in [5, 5.41) is 9.14. The van der Waals surface area contributed by atoms with Crippen LogP contribution in [-0.2, 0) is 0 Å². The van der Waals surface area contributed by atoms with E-state index < -0.39 is 30.9 Å². The summed E-state index contributed by atoms with van der Waals surface area (Å²) < 4.78 is 43.0. The van der Waals surface area contributed by atoms with Crippen LogP contribution in [0.5, 0.6) is 0 Å². The van der Waals surface area contributed by atoms with Gasteiger partial charge in [0.1, 0.15) is 0 Å². The molecule has 0 aliphatic rings. The molecule has 0 heterocycles. The molecule has 0 atom stereocenters. The molecule has 0 amide bonds. The van der Waals surface area contributed by atoms with Crippen molar-refractivity contribution in [2.45, 2.75) is 12.9 Å². The Morgan fingerprint density at radius 3 is 1.47 bits per heavy atom. The normalized spacial score (nSPS) is 8.07. The molecular formula is C4H9F4I3N2O2. The van der Waals surface area contributed by atoms with E-state index in [1.54, 1.807) is 0 Å². The zero-order chi connectivity index (χ0) is 12.1. The van der Waals surface area contributed by atoms with Gasteiger partial charge in [-0.2, -0.15) is 0 Å². The van der Waals surface area contributed by atoms with Gasteiger partial charge in [-0.05, 0) is 0 Å². The number of nitrogens with two attached hydrogens (primary N) is 1. The monoisotopic (exact) mass is 574 g/mol. The number of hydrogen-bond acceptors (Lipinski definition) is 3. The summed E-state index contributed by atoms with van der Waals surface area (Å²) in [5.41, 5.74) is 4.42. The minimum absolute atomic E-state index is 0. The van der Waals surface area contributed by atoms with E-state index in [4.69, 9.17) is 10.1 Å². The van der Waals surface area contributed by atoms with Gasteiger partial charge in [-0.3, -0.25) is 10.1 Å². The molecule has 0 aliphatic carbocycles. The van der Waals surface area contributed by atoms with Crippen LogP contribution in [-0.4, -0.2) is 30.9 Å². The van der Waals surface area contributed by atoms with Crippen LogP contribution in [0.1, 0.15) is 0 Å². The van der Waals surface area contributed by atoms with E-state index in [1.165, 1.54) is 0 Å². The first-order valence-electron chi connectivity index (χ1n) is 2.92. The highest BCUT2D eigenvalue weighted by molar-refractivity contribution is 15.0. The van der Waals surface area contributed by atoms with Gasteiger partial charge in [-0.15, -0.1) is 24.0 Å². The van der Waals surface area contributed by atoms with E-state index in [-0.39, 0.29) is 24.0 Å². The van der Waals surface area contributed by atoms with E-state index in [2.05, 4.69) is 43.0 Å². The molecule has 0 unspecified atom stereocenters. The highest BCUT2D eigenvalue weighted by atomic mass is 128. The van der Waals surface area contributed by atoms with Gasteiger partial charge in [-0.25, -0.2) is 17.6 Å². The average Bonchev–Trinajstić information content (AvgIpc) is 2.06. The van der Waals surface area contributed by atoms with Gasteiger partial charge in [0.05, 0.1) is 6.54 Å². The van der Waals surface area contributed by atoms with Crippen LogP contribution < -0.4 is 5.73 Å². The van der Waals surface area contributed by atoms with Crippen LogP contribution in [0.4, 0.5) is 17.6 Å². The van der Waals surface area contributed by atoms with Crippen molar-refractivity contribution in [2.75, 3.05) is 13.1 Å². The van der Waals surface area contributed by atoms with E-state index in [9.17, 15) is 17.6 Å². The van der Waals surface area contributed by atoms with E-state index in [0.29, 0.717) is 0 Å². The Morgan fingerprint density at radius 2 is 1.47 bits per heavy atom. The number of nitro groups is 1. The van der Waals surface area contributed by atoms with Crippen LogP contribution in [0.2, 0.25) is 0 Å². The molecule has 15 heavy (non-hydrogen) atoms. The topological polar surface area (TPSA) is 69.2 Å². The summed E-state index contributed by atoms with van der Waals surface area (Å²) in [7, 11) is 0. The molecule has 0 bridgehead atoms. The Kier molecular flexibility index (Phi) is 34.7.